The third-order valence-electron chi connectivity index (χ3n) is 4.36. The zero-order valence-corrected chi connectivity index (χ0v) is 11.6. The van der Waals surface area contributed by atoms with Crippen LogP contribution in [0.1, 0.15) is 24.2 Å². The van der Waals surface area contributed by atoms with Gasteiger partial charge < -0.3 is 4.57 Å². The lowest BCUT2D eigenvalue weighted by atomic mass is 10.1. The number of H-pyrrole nitrogens is 1. The van der Waals surface area contributed by atoms with Crippen LogP contribution >= 0.6 is 0 Å². The summed E-state index contributed by atoms with van der Waals surface area (Å²) >= 11 is 0. The van der Waals surface area contributed by atoms with E-state index in [0.717, 1.165) is 25.2 Å². The zero-order chi connectivity index (χ0) is 13.5. The monoisotopic (exact) mass is 266 g/mol. The minimum atomic E-state index is 0.469. The summed E-state index contributed by atoms with van der Waals surface area (Å²) in [5, 5.41) is 8.31. The van der Waals surface area contributed by atoms with Gasteiger partial charge in [0, 0.05) is 43.0 Å². The molecule has 0 radical (unpaired) electrons. The fourth-order valence-electron chi connectivity index (χ4n) is 3.16. The maximum atomic E-state index is 4.09. The highest BCUT2D eigenvalue weighted by molar-refractivity contribution is 5.78. The molecule has 2 aromatic heterocycles. The van der Waals surface area contributed by atoms with Crippen LogP contribution in [0.5, 0.6) is 0 Å². The van der Waals surface area contributed by atoms with Crippen molar-refractivity contribution < 1.29 is 0 Å². The Hall–Kier alpha value is -2.07. The summed E-state index contributed by atoms with van der Waals surface area (Å²) in [7, 11) is 0. The molecule has 0 bridgehead atoms. The first-order valence-electron chi connectivity index (χ1n) is 7.12. The smallest absolute Gasteiger partial charge is 0.0653 e. The summed E-state index contributed by atoms with van der Waals surface area (Å²) < 4.78 is 2.36. The molecule has 0 amide bonds. The molecule has 1 N–H and O–H groups in total. The quantitative estimate of drug-likeness (QED) is 0.774. The number of nitrogens with one attached hydrogen (secondary N) is 1. The van der Waals surface area contributed by atoms with Gasteiger partial charge in [-0.05, 0) is 30.7 Å². The highest BCUT2D eigenvalue weighted by Crippen LogP contribution is 2.27. The third kappa shape index (κ3) is 1.84. The first kappa shape index (κ1) is 11.7. The number of nitrogens with zero attached hydrogens (tertiary/aromatic N) is 3. The Morgan fingerprint density at radius 2 is 2.25 bits per heavy atom. The van der Waals surface area contributed by atoms with Gasteiger partial charge in [0.2, 0.25) is 0 Å². The molecular weight excluding hydrogens is 248 g/mol. The molecule has 4 heteroatoms. The second-order valence-corrected chi connectivity index (χ2v) is 5.56. The molecule has 0 saturated heterocycles. The SMILES string of the molecule is C[C@@H]1c2cccn2CCN1Cc1ccc2cn[nH]c2c1. The number of fused-ring (bicyclic) bond motifs is 2. The van der Waals surface area contributed by atoms with Crippen LogP contribution in [0.25, 0.3) is 10.9 Å². The van der Waals surface area contributed by atoms with E-state index in [9.17, 15) is 0 Å². The molecule has 1 aromatic carbocycles. The lowest BCUT2D eigenvalue weighted by molar-refractivity contribution is 0.161. The molecule has 4 nitrogen and oxygen atoms in total. The Balaban J connectivity index is 1.60. The van der Waals surface area contributed by atoms with Gasteiger partial charge >= 0.3 is 0 Å². The molecule has 1 aliphatic rings. The molecule has 102 valence electrons. The zero-order valence-electron chi connectivity index (χ0n) is 11.6. The Morgan fingerprint density at radius 3 is 3.20 bits per heavy atom. The van der Waals surface area contributed by atoms with Crippen LogP contribution in [0.15, 0.2) is 42.7 Å². The van der Waals surface area contributed by atoms with Gasteiger partial charge in [0.1, 0.15) is 0 Å². The van der Waals surface area contributed by atoms with E-state index in [1.807, 2.05) is 6.20 Å². The van der Waals surface area contributed by atoms with Crippen molar-refractivity contribution in [3.8, 4) is 0 Å². The molecule has 1 atom stereocenters. The van der Waals surface area contributed by atoms with Crippen LogP contribution in [0.3, 0.4) is 0 Å². The summed E-state index contributed by atoms with van der Waals surface area (Å²) in [5.41, 5.74) is 3.88. The predicted molar refractivity (Wildman–Crippen MR) is 79.4 cm³/mol. The highest BCUT2D eigenvalue weighted by atomic mass is 15.2. The van der Waals surface area contributed by atoms with Crippen molar-refractivity contribution in [2.24, 2.45) is 0 Å². The van der Waals surface area contributed by atoms with Crippen molar-refractivity contribution in [1.29, 1.82) is 0 Å². The Labute approximate surface area is 118 Å². The molecule has 4 rings (SSSR count). The van der Waals surface area contributed by atoms with Gasteiger partial charge in [-0.3, -0.25) is 10.00 Å². The number of aromatic nitrogens is 3. The molecule has 20 heavy (non-hydrogen) atoms. The van der Waals surface area contributed by atoms with Crippen LogP contribution in [0.2, 0.25) is 0 Å². The maximum absolute atomic E-state index is 4.09. The van der Waals surface area contributed by atoms with E-state index in [0.29, 0.717) is 6.04 Å². The molecular formula is C16H18N4. The second-order valence-electron chi connectivity index (χ2n) is 5.56. The van der Waals surface area contributed by atoms with Gasteiger partial charge in [0.15, 0.2) is 0 Å². The average Bonchev–Trinajstić information content (AvgIpc) is 3.10. The van der Waals surface area contributed by atoms with Gasteiger partial charge in [0.05, 0.1) is 11.7 Å². The standard InChI is InChI=1S/C16H18N4/c1-12-16-3-2-6-19(16)7-8-20(12)11-13-4-5-14-10-17-18-15(14)9-13/h2-6,9-10,12H,7-8,11H2,1H3,(H,17,18)/t12-/m1/s1. The molecule has 1 aliphatic heterocycles. The lowest BCUT2D eigenvalue weighted by Crippen LogP contribution is -2.35. The number of benzene rings is 1. The summed E-state index contributed by atoms with van der Waals surface area (Å²) in [6, 6.07) is 11.4. The fraction of sp³-hybridized carbons (Fsp3) is 0.312. The molecule has 3 aromatic rings. The molecule has 3 heterocycles. The second kappa shape index (κ2) is 4.49. The van der Waals surface area contributed by atoms with Crippen molar-refractivity contribution in [3.05, 3.63) is 54.0 Å². The number of hydrogen-bond donors (Lipinski definition) is 1. The van der Waals surface area contributed by atoms with E-state index in [-0.39, 0.29) is 0 Å². The topological polar surface area (TPSA) is 36.9 Å². The van der Waals surface area contributed by atoms with E-state index in [4.69, 9.17) is 0 Å². The van der Waals surface area contributed by atoms with Gasteiger partial charge in [-0.2, -0.15) is 5.10 Å². The fourth-order valence-corrected chi connectivity index (χ4v) is 3.16. The van der Waals surface area contributed by atoms with Crippen molar-refractivity contribution in [2.45, 2.75) is 26.1 Å². The van der Waals surface area contributed by atoms with Crippen LogP contribution in [-0.4, -0.2) is 26.2 Å². The number of hydrogen-bond acceptors (Lipinski definition) is 2. The first-order valence-corrected chi connectivity index (χ1v) is 7.12. The summed E-state index contributed by atoms with van der Waals surface area (Å²) in [6.45, 7) is 5.46. The summed E-state index contributed by atoms with van der Waals surface area (Å²) in [6.07, 6.45) is 4.05. The average molecular weight is 266 g/mol. The molecule has 0 aliphatic carbocycles. The van der Waals surface area contributed by atoms with Gasteiger partial charge in [-0.1, -0.05) is 12.1 Å². The van der Waals surface area contributed by atoms with Crippen LogP contribution in [0.4, 0.5) is 0 Å². The van der Waals surface area contributed by atoms with E-state index in [1.165, 1.54) is 16.6 Å². The molecule has 0 spiro atoms. The maximum Gasteiger partial charge on any atom is 0.0653 e. The Kier molecular flexibility index (Phi) is 2.63. The summed E-state index contributed by atoms with van der Waals surface area (Å²) in [4.78, 5) is 2.53. The largest absolute Gasteiger partial charge is 0.349 e. The predicted octanol–water partition coefficient (Wildman–Crippen LogP) is 2.94. The number of rotatable bonds is 2. The molecule has 0 fully saturated rings. The van der Waals surface area contributed by atoms with E-state index in [1.54, 1.807) is 0 Å². The van der Waals surface area contributed by atoms with E-state index < -0.39 is 0 Å². The van der Waals surface area contributed by atoms with Crippen LogP contribution in [-0.2, 0) is 13.1 Å². The Morgan fingerprint density at radius 1 is 1.30 bits per heavy atom. The summed E-state index contributed by atoms with van der Waals surface area (Å²) in [5.74, 6) is 0. The van der Waals surface area contributed by atoms with Gasteiger partial charge in [-0.25, -0.2) is 0 Å². The van der Waals surface area contributed by atoms with Crippen molar-refractivity contribution >= 4 is 10.9 Å². The van der Waals surface area contributed by atoms with Crippen molar-refractivity contribution in [2.75, 3.05) is 6.54 Å². The minimum Gasteiger partial charge on any atom is -0.349 e. The molecule has 0 saturated carbocycles. The van der Waals surface area contributed by atoms with Gasteiger partial charge in [0.25, 0.3) is 0 Å². The van der Waals surface area contributed by atoms with E-state index in [2.05, 4.69) is 63.1 Å². The van der Waals surface area contributed by atoms with Crippen molar-refractivity contribution in [1.82, 2.24) is 19.7 Å². The Bertz CT molecular complexity index is 740. The normalized spacial score (nSPS) is 19.4. The minimum absolute atomic E-state index is 0.469. The van der Waals surface area contributed by atoms with Crippen LogP contribution in [0, 0.1) is 0 Å². The van der Waals surface area contributed by atoms with Gasteiger partial charge in [-0.15, -0.1) is 0 Å². The van der Waals surface area contributed by atoms with Crippen molar-refractivity contribution in [3.63, 3.8) is 0 Å². The highest BCUT2D eigenvalue weighted by Gasteiger charge is 2.23. The molecule has 0 unspecified atom stereocenters. The number of aromatic amines is 1. The third-order valence-corrected chi connectivity index (χ3v) is 4.36. The van der Waals surface area contributed by atoms with Crippen LogP contribution < -0.4 is 0 Å². The first-order chi connectivity index (χ1) is 9.81. The van der Waals surface area contributed by atoms with E-state index >= 15 is 0 Å². The lowest BCUT2D eigenvalue weighted by Gasteiger charge is -2.34.